The SMILES string of the molecule is C=C(C)C(=O)OC1(C)CCCC2CC21.C=Cc1ccc(OC(C)OCC)cc1.CCC(C)(C)C(=O)OC1(C)CCCC2CC21.CCC(C)(C)C(=O)OC1(C)CCCC2CC21.CCC(C)c1ccc(O)cc1.CCOC(C)Oc1ccc(C(C)CC)cc1. The molecule has 13 unspecified atom stereocenters. The minimum atomic E-state index is -0.329. The summed E-state index contributed by atoms with van der Waals surface area (Å²) in [5.74, 6) is 7.43. The zero-order valence-corrected chi connectivity index (χ0v) is 57.5. The van der Waals surface area contributed by atoms with Crippen LogP contribution in [-0.4, -0.2) is 65.6 Å². The Balaban J connectivity index is 0.000000224. The number of benzene rings is 3. The van der Waals surface area contributed by atoms with Crippen LogP contribution < -0.4 is 9.47 Å². The number of phenols is 1. The van der Waals surface area contributed by atoms with Gasteiger partial charge in [-0.05, 0) is 268 Å². The predicted molar refractivity (Wildman–Crippen MR) is 355 cm³/mol. The van der Waals surface area contributed by atoms with Gasteiger partial charge in [-0.15, -0.1) is 0 Å². The summed E-state index contributed by atoms with van der Waals surface area (Å²) in [5.41, 5.74) is 3.08. The van der Waals surface area contributed by atoms with Gasteiger partial charge in [0.15, 0.2) is 12.6 Å². The molecule has 0 aromatic heterocycles. The largest absolute Gasteiger partial charge is 0.508 e. The molecule has 13 atom stereocenters. The molecule has 6 saturated carbocycles. The van der Waals surface area contributed by atoms with Crippen molar-refractivity contribution < 1.29 is 52.6 Å². The standard InChI is InChI=1S/2C14H24O2.C14H22O2.C12H18O2.C12H16O2.C10H14O/c2*1-5-13(2,3)12(15)16-14(4)8-6-7-10-9-11(10)14;1-5-11(3)13-7-9-14(10-8-13)16-12(4)15-6-2;1-8(2)11(13)14-12(3)6-4-5-9-7-10(9)12;1-4-11-6-8-12(9-7-11)14-10(3)13-5-2;1-3-8(2)9-4-6-10(11)7-5-9/h2*10-11H,5-9H2,1-4H3;7-12H,5-6H2,1-4H3;9-10H,1,4-7H2,2-3H3;4,6-10H,1,5H2,2-3H3;4-8,11H,3H2,1-2H3. The van der Waals surface area contributed by atoms with Crippen molar-refractivity contribution in [1.29, 1.82) is 0 Å². The molecule has 87 heavy (non-hydrogen) atoms. The van der Waals surface area contributed by atoms with Crippen LogP contribution in [-0.2, 0) is 38.1 Å². The summed E-state index contributed by atoms with van der Waals surface area (Å²) >= 11 is 0. The van der Waals surface area contributed by atoms with Crippen LogP contribution in [0.1, 0.15) is 256 Å². The Morgan fingerprint density at radius 3 is 1.21 bits per heavy atom. The second kappa shape index (κ2) is 34.2. The lowest BCUT2D eigenvalue weighted by atomic mass is 9.84. The highest BCUT2D eigenvalue weighted by atomic mass is 16.7. The van der Waals surface area contributed by atoms with Gasteiger partial charge in [0.25, 0.3) is 0 Å². The molecule has 11 heteroatoms. The molecule has 0 bridgehead atoms. The number of hydrogen-bond acceptors (Lipinski definition) is 11. The van der Waals surface area contributed by atoms with Crippen molar-refractivity contribution in [3.05, 3.63) is 108 Å². The zero-order chi connectivity index (χ0) is 64.9. The van der Waals surface area contributed by atoms with Gasteiger partial charge in [0.05, 0.1) is 10.8 Å². The van der Waals surface area contributed by atoms with Gasteiger partial charge in [-0.25, -0.2) is 4.79 Å². The third-order valence-corrected chi connectivity index (χ3v) is 19.7. The predicted octanol–water partition coefficient (Wildman–Crippen LogP) is 19.7. The van der Waals surface area contributed by atoms with Crippen LogP contribution in [0.4, 0.5) is 0 Å². The van der Waals surface area contributed by atoms with Crippen molar-refractivity contribution in [1.82, 2.24) is 0 Å². The van der Waals surface area contributed by atoms with Crippen molar-refractivity contribution in [2.45, 2.75) is 269 Å². The van der Waals surface area contributed by atoms with E-state index in [9.17, 15) is 14.4 Å². The maximum absolute atomic E-state index is 12.1. The molecule has 6 aliphatic rings. The number of fused-ring (bicyclic) bond motifs is 3. The number of rotatable bonds is 21. The maximum atomic E-state index is 12.1. The maximum Gasteiger partial charge on any atom is 0.333 e. The van der Waals surface area contributed by atoms with E-state index in [1.165, 1.54) is 68.9 Å². The summed E-state index contributed by atoms with van der Waals surface area (Å²) in [4.78, 5) is 35.7. The van der Waals surface area contributed by atoms with Crippen LogP contribution in [0.15, 0.2) is 91.5 Å². The fourth-order valence-corrected chi connectivity index (χ4v) is 12.1. The van der Waals surface area contributed by atoms with E-state index in [4.69, 9.17) is 38.3 Å². The lowest BCUT2D eigenvalue weighted by Crippen LogP contribution is -2.41. The number of hydrogen-bond donors (Lipinski definition) is 1. The number of carbonyl (C=O) groups is 3. The fraction of sp³-hybridized carbons (Fsp3) is 0.671. The minimum absolute atomic E-state index is 0.00921. The van der Waals surface area contributed by atoms with E-state index in [-0.39, 0.29) is 58.1 Å². The van der Waals surface area contributed by atoms with E-state index in [0.29, 0.717) is 54.1 Å². The molecular weight excluding hydrogens is 1090 g/mol. The lowest BCUT2D eigenvalue weighted by molar-refractivity contribution is -0.175. The van der Waals surface area contributed by atoms with Gasteiger partial charge in [0.2, 0.25) is 0 Å². The Morgan fingerprint density at radius 1 is 0.563 bits per heavy atom. The molecule has 11 nitrogen and oxygen atoms in total. The van der Waals surface area contributed by atoms with E-state index < -0.39 is 0 Å². The van der Waals surface area contributed by atoms with Crippen LogP contribution in [0.5, 0.6) is 17.2 Å². The van der Waals surface area contributed by atoms with Gasteiger partial charge in [-0.2, -0.15) is 0 Å². The number of phenolic OH excluding ortho intramolecular Hbond substituents is 1. The van der Waals surface area contributed by atoms with E-state index in [2.05, 4.69) is 73.8 Å². The molecule has 0 spiro atoms. The summed E-state index contributed by atoms with van der Waals surface area (Å²) < 4.78 is 38.9. The van der Waals surface area contributed by atoms with Crippen LogP contribution in [0, 0.1) is 46.3 Å². The number of aromatic hydroxyl groups is 1. The first-order valence-corrected chi connectivity index (χ1v) is 33.5. The summed E-state index contributed by atoms with van der Waals surface area (Å²) in [5, 5.41) is 9.01. The zero-order valence-electron chi connectivity index (χ0n) is 57.5. The summed E-state index contributed by atoms with van der Waals surface area (Å²) in [6.07, 6.45) is 20.0. The molecule has 6 aliphatic carbocycles. The molecule has 0 aliphatic heterocycles. The smallest absolute Gasteiger partial charge is 0.333 e. The first-order chi connectivity index (χ1) is 41.0. The number of ether oxygens (including phenoxy) is 7. The van der Waals surface area contributed by atoms with Crippen molar-refractivity contribution in [3.8, 4) is 17.2 Å². The summed E-state index contributed by atoms with van der Waals surface area (Å²) in [6, 6.07) is 23.4. The average molecular weight is 1210 g/mol. The molecule has 0 amide bonds. The normalized spacial score (nSPS) is 26.6. The molecule has 3 aromatic rings. The average Bonchev–Trinajstić information content (AvgIpc) is 1.72. The van der Waals surface area contributed by atoms with E-state index in [0.717, 1.165) is 79.8 Å². The molecule has 9 rings (SSSR count). The molecular formula is C76H118O11. The number of esters is 3. The Kier molecular flexibility index (Phi) is 29.2. The molecule has 6 fully saturated rings. The van der Waals surface area contributed by atoms with Gasteiger partial charge >= 0.3 is 17.9 Å². The highest BCUT2D eigenvalue weighted by Gasteiger charge is 2.57. The fourth-order valence-electron chi connectivity index (χ4n) is 12.1. The highest BCUT2D eigenvalue weighted by Crippen LogP contribution is 2.58. The Morgan fingerprint density at radius 2 is 0.897 bits per heavy atom. The Hall–Kier alpha value is -5.13. The van der Waals surface area contributed by atoms with Crippen LogP contribution in [0.2, 0.25) is 0 Å². The molecule has 488 valence electrons. The van der Waals surface area contributed by atoms with Gasteiger partial charge < -0.3 is 38.3 Å². The third kappa shape index (κ3) is 23.3. The van der Waals surface area contributed by atoms with Gasteiger partial charge in [0, 0.05) is 36.5 Å². The third-order valence-electron chi connectivity index (χ3n) is 19.7. The molecule has 0 heterocycles. The van der Waals surface area contributed by atoms with E-state index in [1.54, 1.807) is 25.1 Å². The van der Waals surface area contributed by atoms with Gasteiger partial charge in [-0.1, -0.05) is 97.2 Å². The molecule has 0 saturated heterocycles. The minimum Gasteiger partial charge on any atom is -0.508 e. The molecule has 1 N–H and O–H groups in total. The second-order valence-corrected chi connectivity index (χ2v) is 27.7. The molecule has 3 aromatic carbocycles. The van der Waals surface area contributed by atoms with Crippen molar-refractivity contribution in [3.63, 3.8) is 0 Å². The van der Waals surface area contributed by atoms with Crippen molar-refractivity contribution >= 4 is 24.0 Å². The second-order valence-electron chi connectivity index (χ2n) is 27.7. The summed E-state index contributed by atoms with van der Waals surface area (Å²) in [6.45, 7) is 45.2. The lowest BCUT2D eigenvalue weighted by Gasteiger charge is -2.36. The quantitative estimate of drug-likeness (QED) is 0.0472. The number of carbonyl (C=O) groups excluding carboxylic acids is 3. The van der Waals surface area contributed by atoms with Crippen LogP contribution in [0.25, 0.3) is 6.08 Å². The van der Waals surface area contributed by atoms with Crippen molar-refractivity contribution in [2.24, 2.45) is 46.3 Å². The summed E-state index contributed by atoms with van der Waals surface area (Å²) in [7, 11) is 0. The highest BCUT2D eigenvalue weighted by molar-refractivity contribution is 5.87. The van der Waals surface area contributed by atoms with E-state index in [1.807, 2.05) is 118 Å². The van der Waals surface area contributed by atoms with E-state index >= 15 is 0 Å². The van der Waals surface area contributed by atoms with Gasteiger partial charge in [0.1, 0.15) is 34.1 Å². The Labute approximate surface area is 527 Å². The Bertz CT molecular complexity index is 2510. The van der Waals surface area contributed by atoms with Gasteiger partial charge in [-0.3, -0.25) is 9.59 Å². The van der Waals surface area contributed by atoms with Crippen molar-refractivity contribution in [2.75, 3.05) is 13.2 Å². The van der Waals surface area contributed by atoms with Crippen LogP contribution in [0.3, 0.4) is 0 Å². The monoisotopic (exact) mass is 1210 g/mol. The first kappa shape index (κ1) is 74.3. The first-order valence-electron chi connectivity index (χ1n) is 33.5. The van der Waals surface area contributed by atoms with Crippen LogP contribution >= 0.6 is 0 Å². The topological polar surface area (TPSA) is 136 Å². The molecule has 0 radical (unpaired) electrons.